The van der Waals surface area contributed by atoms with Crippen molar-refractivity contribution in [2.45, 2.75) is 6.92 Å². The van der Waals surface area contributed by atoms with Crippen LogP contribution in [0.4, 0.5) is 4.39 Å². The maximum absolute atomic E-state index is 12.9. The van der Waals surface area contributed by atoms with E-state index in [4.69, 9.17) is 5.26 Å². The summed E-state index contributed by atoms with van der Waals surface area (Å²) in [7, 11) is 0. The van der Waals surface area contributed by atoms with E-state index in [2.05, 4.69) is 22.9 Å². The molecule has 2 aromatic carbocycles. The van der Waals surface area contributed by atoms with Gasteiger partial charge in [-0.1, -0.05) is 0 Å². The summed E-state index contributed by atoms with van der Waals surface area (Å²) in [6.07, 6.45) is 5.22. The number of aromatic nitrogens is 3. The van der Waals surface area contributed by atoms with Gasteiger partial charge in [-0.25, -0.2) is 4.39 Å². The minimum Gasteiger partial charge on any atom is -0.277 e. The summed E-state index contributed by atoms with van der Waals surface area (Å²) in [5.41, 5.74) is 5.66. The van der Waals surface area contributed by atoms with Gasteiger partial charge in [-0.3, -0.25) is 10.1 Å². The summed E-state index contributed by atoms with van der Waals surface area (Å²) in [5, 5.41) is 15.5. The number of hydroxylamine groups is 1. The Balaban J connectivity index is 0.000000190. The maximum atomic E-state index is 12.9. The Morgan fingerprint density at radius 1 is 1.03 bits per heavy atom. The molecule has 0 bridgehead atoms. The van der Waals surface area contributed by atoms with Crippen molar-refractivity contribution in [1.82, 2.24) is 20.7 Å². The zero-order chi connectivity index (χ0) is 23.7. The molecule has 3 N–H and O–H groups in total. The Kier molecular flexibility index (Phi) is 8.28. The SMILES string of the molecule is CC(=O)NO[As](=O)(OO)c1ccccc1.Fc1ccc(-c2[nH]ncc2-c2ccncc2)cc1. The molecule has 4 rings (SSSR count). The molecule has 0 radical (unpaired) electrons. The zero-order valence-electron chi connectivity index (χ0n) is 17.4. The first-order valence-electron chi connectivity index (χ1n) is 9.56. The van der Waals surface area contributed by atoms with Crippen LogP contribution < -0.4 is 9.83 Å². The van der Waals surface area contributed by atoms with Crippen molar-refractivity contribution >= 4 is 24.4 Å². The Hall–Kier alpha value is -3.56. The quantitative estimate of drug-likeness (QED) is 0.205. The number of rotatable bonds is 6. The van der Waals surface area contributed by atoms with E-state index in [-0.39, 0.29) is 10.2 Å². The molecule has 0 fully saturated rings. The van der Waals surface area contributed by atoms with E-state index in [1.165, 1.54) is 31.2 Å². The molecule has 1 atom stereocenters. The summed E-state index contributed by atoms with van der Waals surface area (Å²) in [4.78, 5) is 14.5. The van der Waals surface area contributed by atoms with E-state index in [9.17, 15) is 12.9 Å². The van der Waals surface area contributed by atoms with Crippen LogP contribution in [-0.4, -0.2) is 40.5 Å². The molecule has 2 aromatic heterocycles. The Morgan fingerprint density at radius 2 is 1.70 bits per heavy atom. The summed E-state index contributed by atoms with van der Waals surface area (Å²) >= 11 is -4.55. The van der Waals surface area contributed by atoms with E-state index in [0.717, 1.165) is 22.4 Å². The van der Waals surface area contributed by atoms with Gasteiger partial charge in [0.05, 0.1) is 11.9 Å². The molecule has 2 heterocycles. The number of benzene rings is 2. The minimum absolute atomic E-state index is 0.201. The van der Waals surface area contributed by atoms with Crippen LogP contribution in [0.3, 0.4) is 0 Å². The number of amides is 1. The minimum atomic E-state index is -4.55. The van der Waals surface area contributed by atoms with Crippen molar-refractivity contribution in [2.24, 2.45) is 0 Å². The topological polar surface area (TPSA) is 126 Å². The van der Waals surface area contributed by atoms with Crippen LogP contribution in [0.15, 0.2) is 85.3 Å². The largest absolute Gasteiger partial charge is 0.277 e. The van der Waals surface area contributed by atoms with Gasteiger partial charge in [0, 0.05) is 23.5 Å². The molecule has 0 aliphatic heterocycles. The fraction of sp³-hybridized carbons (Fsp3) is 0.0455. The molecule has 11 heteroatoms. The van der Waals surface area contributed by atoms with Crippen molar-refractivity contribution in [2.75, 3.05) is 0 Å². The standard InChI is InChI=1S/C14H10FN3.C8H10AsNO5/c15-12-3-1-11(2-4-12)14-13(9-17-18-14)10-5-7-16-8-6-10;1-7(11)10-14-9(12,15-13)8-5-3-2-4-6-8/h1-9H,(H,17,18);2-6,13H,1H3,(H,10,11). The Morgan fingerprint density at radius 3 is 2.30 bits per heavy atom. The smallest absolute Gasteiger partial charge is 0.123 e. The maximum Gasteiger partial charge on any atom is 0.123 e. The van der Waals surface area contributed by atoms with Gasteiger partial charge in [-0.15, -0.1) is 0 Å². The van der Waals surface area contributed by atoms with E-state index in [0.29, 0.717) is 0 Å². The van der Waals surface area contributed by atoms with Gasteiger partial charge in [-0.05, 0) is 42.0 Å². The normalized spacial score (nSPS) is 12.2. The number of H-pyrrole nitrogens is 1. The summed E-state index contributed by atoms with van der Waals surface area (Å²) in [6, 6.07) is 18.0. The van der Waals surface area contributed by atoms with Gasteiger partial charge in [0.2, 0.25) is 0 Å². The number of pyridine rings is 1. The molecule has 9 nitrogen and oxygen atoms in total. The van der Waals surface area contributed by atoms with Crippen LogP contribution in [-0.2, 0) is 16.2 Å². The number of aromatic amines is 1. The van der Waals surface area contributed by atoms with Crippen molar-refractivity contribution in [1.29, 1.82) is 0 Å². The average Bonchev–Trinajstić information content (AvgIpc) is 3.34. The summed E-state index contributed by atoms with van der Waals surface area (Å²) < 4.78 is 33.4. The monoisotopic (exact) mass is 514 g/mol. The molecular formula is C22H20AsFN4O5. The second-order valence-electron chi connectivity index (χ2n) is 6.57. The van der Waals surface area contributed by atoms with Gasteiger partial charge in [0.15, 0.2) is 0 Å². The predicted molar refractivity (Wildman–Crippen MR) is 118 cm³/mol. The molecule has 0 saturated carbocycles. The van der Waals surface area contributed by atoms with Gasteiger partial charge in [0.1, 0.15) is 5.82 Å². The van der Waals surface area contributed by atoms with Crippen molar-refractivity contribution in [3.63, 3.8) is 0 Å². The summed E-state index contributed by atoms with van der Waals surface area (Å²) in [5.74, 6) is -0.784. The third kappa shape index (κ3) is 6.47. The molecule has 0 aliphatic carbocycles. The van der Waals surface area contributed by atoms with Crippen LogP contribution in [0, 0.1) is 5.82 Å². The van der Waals surface area contributed by atoms with Gasteiger partial charge in [-0.2, -0.15) is 5.10 Å². The van der Waals surface area contributed by atoms with Crippen LogP contribution in [0.25, 0.3) is 22.4 Å². The molecule has 1 amide bonds. The third-order valence-electron chi connectivity index (χ3n) is 4.25. The van der Waals surface area contributed by atoms with Crippen LogP contribution >= 0.6 is 0 Å². The van der Waals surface area contributed by atoms with E-state index in [1.54, 1.807) is 48.9 Å². The molecular weight excluding hydrogens is 494 g/mol. The van der Waals surface area contributed by atoms with E-state index >= 15 is 0 Å². The predicted octanol–water partition coefficient (Wildman–Crippen LogP) is 3.10. The fourth-order valence-corrected chi connectivity index (χ4v) is 4.86. The van der Waals surface area contributed by atoms with Gasteiger partial charge in [0.25, 0.3) is 0 Å². The number of nitrogens with zero attached hydrogens (tertiary/aromatic N) is 2. The molecule has 1 unspecified atom stereocenters. The molecule has 33 heavy (non-hydrogen) atoms. The first-order chi connectivity index (χ1) is 15.9. The van der Waals surface area contributed by atoms with Crippen molar-refractivity contribution in [3.05, 3.63) is 91.1 Å². The zero-order valence-corrected chi connectivity index (χ0v) is 19.3. The number of halogens is 1. The molecule has 4 aromatic rings. The Bertz CT molecular complexity index is 1220. The first-order valence-corrected chi connectivity index (χ1v) is 12.8. The molecule has 0 aliphatic rings. The van der Waals surface area contributed by atoms with Crippen LogP contribution in [0.5, 0.6) is 0 Å². The van der Waals surface area contributed by atoms with E-state index < -0.39 is 20.1 Å². The average molecular weight is 514 g/mol. The number of hydrogen-bond donors (Lipinski definition) is 3. The van der Waals surface area contributed by atoms with Crippen LogP contribution in [0.2, 0.25) is 0 Å². The van der Waals surface area contributed by atoms with Crippen molar-refractivity contribution in [3.8, 4) is 22.4 Å². The van der Waals surface area contributed by atoms with Crippen LogP contribution in [0.1, 0.15) is 6.92 Å². The third-order valence-corrected chi connectivity index (χ3v) is 7.35. The van der Waals surface area contributed by atoms with Gasteiger partial charge < -0.3 is 0 Å². The van der Waals surface area contributed by atoms with E-state index in [1.807, 2.05) is 17.6 Å². The van der Waals surface area contributed by atoms with Crippen molar-refractivity contribution < 1.29 is 25.9 Å². The first kappa shape index (κ1) is 24.1. The second-order valence-corrected chi connectivity index (χ2v) is 10.5. The fourth-order valence-electron chi connectivity index (χ4n) is 2.72. The Labute approximate surface area is 191 Å². The number of carbonyl (C=O) groups is 1. The van der Waals surface area contributed by atoms with Gasteiger partial charge >= 0.3 is 88.7 Å². The number of hydrogen-bond acceptors (Lipinski definition) is 7. The molecule has 170 valence electrons. The number of nitrogens with one attached hydrogen (secondary N) is 2. The summed E-state index contributed by atoms with van der Waals surface area (Å²) in [6.45, 7) is 1.18. The number of carbonyl (C=O) groups excluding carboxylic acids is 1. The molecule has 0 spiro atoms. The second kappa shape index (κ2) is 11.3. The molecule has 0 saturated heterocycles.